The van der Waals surface area contributed by atoms with E-state index in [0.29, 0.717) is 12.0 Å². The van der Waals surface area contributed by atoms with Gasteiger partial charge in [-0.3, -0.25) is 4.68 Å². The maximum atomic E-state index is 13.2. The van der Waals surface area contributed by atoms with Gasteiger partial charge < -0.3 is 5.32 Å². The van der Waals surface area contributed by atoms with Crippen LogP contribution in [0.5, 0.6) is 0 Å². The Balaban J connectivity index is 1.50. The standard InChI is InChI=1S/C16H20FN3/c1-11-14(10-20(2)19-11)9-18-16-7-13(8-16)12-4-3-5-15(17)6-12/h3-6,10,13,16,18H,7-9H2,1-2H3. The third-order valence-electron chi connectivity index (χ3n) is 4.15. The summed E-state index contributed by atoms with van der Waals surface area (Å²) in [6.07, 6.45) is 4.23. The van der Waals surface area contributed by atoms with Crippen LogP contribution in [0.4, 0.5) is 4.39 Å². The molecule has 0 unspecified atom stereocenters. The van der Waals surface area contributed by atoms with E-state index in [1.54, 1.807) is 12.1 Å². The molecule has 1 fully saturated rings. The average molecular weight is 273 g/mol. The maximum absolute atomic E-state index is 13.2. The van der Waals surface area contributed by atoms with Gasteiger partial charge in [-0.25, -0.2) is 4.39 Å². The van der Waals surface area contributed by atoms with Gasteiger partial charge in [-0.1, -0.05) is 12.1 Å². The molecule has 1 aromatic heterocycles. The van der Waals surface area contributed by atoms with Gasteiger partial charge in [-0.2, -0.15) is 5.10 Å². The van der Waals surface area contributed by atoms with Crippen LogP contribution in [-0.4, -0.2) is 15.8 Å². The fourth-order valence-electron chi connectivity index (χ4n) is 2.89. The molecule has 3 rings (SSSR count). The third kappa shape index (κ3) is 2.75. The van der Waals surface area contributed by atoms with Crippen LogP contribution in [0.25, 0.3) is 0 Å². The fourth-order valence-corrected chi connectivity index (χ4v) is 2.89. The van der Waals surface area contributed by atoms with Crippen molar-refractivity contribution >= 4 is 0 Å². The Morgan fingerprint density at radius 3 is 2.85 bits per heavy atom. The number of hydrogen-bond acceptors (Lipinski definition) is 2. The van der Waals surface area contributed by atoms with Crippen LogP contribution in [0, 0.1) is 12.7 Å². The topological polar surface area (TPSA) is 29.9 Å². The molecule has 0 spiro atoms. The van der Waals surface area contributed by atoms with Gasteiger partial charge in [0.05, 0.1) is 5.69 Å². The van der Waals surface area contributed by atoms with E-state index in [9.17, 15) is 4.39 Å². The fraction of sp³-hybridized carbons (Fsp3) is 0.438. The molecule has 0 radical (unpaired) electrons. The summed E-state index contributed by atoms with van der Waals surface area (Å²) in [6.45, 7) is 2.90. The highest BCUT2D eigenvalue weighted by Crippen LogP contribution is 2.37. The van der Waals surface area contributed by atoms with Gasteiger partial charge in [-0.15, -0.1) is 0 Å². The van der Waals surface area contributed by atoms with Gasteiger partial charge in [0.2, 0.25) is 0 Å². The summed E-state index contributed by atoms with van der Waals surface area (Å²) < 4.78 is 15.0. The van der Waals surface area contributed by atoms with E-state index in [1.165, 1.54) is 11.6 Å². The van der Waals surface area contributed by atoms with Crippen LogP contribution in [0.1, 0.15) is 35.6 Å². The SMILES string of the molecule is Cc1nn(C)cc1CNC1CC(c2cccc(F)c2)C1. The van der Waals surface area contributed by atoms with Crippen molar-refractivity contribution in [2.75, 3.05) is 0 Å². The van der Waals surface area contributed by atoms with E-state index in [-0.39, 0.29) is 5.82 Å². The van der Waals surface area contributed by atoms with Crippen LogP contribution in [0.3, 0.4) is 0 Å². The zero-order valence-corrected chi connectivity index (χ0v) is 11.9. The van der Waals surface area contributed by atoms with Gasteiger partial charge in [0.15, 0.2) is 0 Å². The van der Waals surface area contributed by atoms with E-state index < -0.39 is 0 Å². The highest BCUT2D eigenvalue weighted by molar-refractivity contribution is 5.24. The molecule has 4 heteroatoms. The Bertz CT molecular complexity index is 600. The van der Waals surface area contributed by atoms with Crippen molar-refractivity contribution < 1.29 is 4.39 Å². The molecule has 1 saturated carbocycles. The van der Waals surface area contributed by atoms with E-state index >= 15 is 0 Å². The smallest absolute Gasteiger partial charge is 0.123 e. The summed E-state index contributed by atoms with van der Waals surface area (Å²) in [5.74, 6) is 0.364. The first-order valence-corrected chi connectivity index (χ1v) is 7.10. The second kappa shape index (κ2) is 5.37. The lowest BCUT2D eigenvalue weighted by Gasteiger charge is -2.36. The van der Waals surface area contributed by atoms with Crippen molar-refractivity contribution in [3.05, 3.63) is 53.1 Å². The van der Waals surface area contributed by atoms with Gasteiger partial charge >= 0.3 is 0 Å². The Morgan fingerprint density at radius 1 is 1.40 bits per heavy atom. The quantitative estimate of drug-likeness (QED) is 0.928. The Labute approximate surface area is 118 Å². The number of rotatable bonds is 4. The van der Waals surface area contributed by atoms with Crippen molar-refractivity contribution in [3.8, 4) is 0 Å². The van der Waals surface area contributed by atoms with Crippen molar-refractivity contribution in [2.45, 2.75) is 38.3 Å². The molecule has 1 heterocycles. The Morgan fingerprint density at radius 2 is 2.20 bits per heavy atom. The first-order chi connectivity index (χ1) is 9.61. The minimum absolute atomic E-state index is 0.134. The van der Waals surface area contributed by atoms with E-state index in [4.69, 9.17) is 0 Å². The molecule has 20 heavy (non-hydrogen) atoms. The Hall–Kier alpha value is -1.68. The van der Waals surface area contributed by atoms with Crippen LogP contribution >= 0.6 is 0 Å². The molecule has 0 saturated heterocycles. The predicted octanol–water partition coefficient (Wildman–Crippen LogP) is 2.90. The molecule has 1 N–H and O–H groups in total. The Kier molecular flexibility index (Phi) is 3.57. The molecule has 2 aromatic rings. The summed E-state index contributed by atoms with van der Waals surface area (Å²) in [4.78, 5) is 0. The maximum Gasteiger partial charge on any atom is 0.123 e. The van der Waals surface area contributed by atoms with Crippen molar-refractivity contribution in [3.63, 3.8) is 0 Å². The van der Waals surface area contributed by atoms with Crippen molar-refractivity contribution in [1.82, 2.24) is 15.1 Å². The minimum Gasteiger partial charge on any atom is -0.310 e. The lowest BCUT2D eigenvalue weighted by molar-refractivity contribution is 0.289. The van der Waals surface area contributed by atoms with Crippen molar-refractivity contribution in [2.24, 2.45) is 7.05 Å². The highest BCUT2D eigenvalue weighted by Gasteiger charge is 2.30. The largest absolute Gasteiger partial charge is 0.310 e. The number of halogens is 1. The van der Waals surface area contributed by atoms with Gasteiger partial charge in [0, 0.05) is 31.4 Å². The summed E-state index contributed by atoms with van der Waals surface area (Å²) in [6, 6.07) is 7.51. The number of nitrogens with zero attached hydrogens (tertiary/aromatic N) is 2. The molecular weight excluding hydrogens is 253 g/mol. The first-order valence-electron chi connectivity index (χ1n) is 7.10. The molecule has 0 amide bonds. The summed E-state index contributed by atoms with van der Waals surface area (Å²) in [5, 5.41) is 7.90. The number of nitrogens with one attached hydrogen (secondary N) is 1. The summed E-state index contributed by atoms with van der Waals surface area (Å²) >= 11 is 0. The number of benzene rings is 1. The number of aryl methyl sites for hydroxylation is 2. The van der Waals surface area contributed by atoms with E-state index in [1.807, 2.05) is 24.7 Å². The molecule has 1 aliphatic rings. The van der Waals surface area contributed by atoms with Crippen LogP contribution in [0.15, 0.2) is 30.5 Å². The summed E-state index contributed by atoms with van der Waals surface area (Å²) in [5.41, 5.74) is 3.46. The van der Waals surface area contributed by atoms with Crippen LogP contribution in [0.2, 0.25) is 0 Å². The molecular formula is C16H20FN3. The van der Waals surface area contributed by atoms with Crippen LogP contribution in [-0.2, 0) is 13.6 Å². The molecule has 1 aliphatic carbocycles. The zero-order chi connectivity index (χ0) is 14.1. The van der Waals surface area contributed by atoms with E-state index in [0.717, 1.165) is 30.6 Å². The third-order valence-corrected chi connectivity index (χ3v) is 4.15. The van der Waals surface area contributed by atoms with Gasteiger partial charge in [0.25, 0.3) is 0 Å². The molecule has 0 aliphatic heterocycles. The predicted molar refractivity (Wildman–Crippen MR) is 76.9 cm³/mol. The highest BCUT2D eigenvalue weighted by atomic mass is 19.1. The lowest BCUT2D eigenvalue weighted by Crippen LogP contribution is -2.39. The monoisotopic (exact) mass is 273 g/mol. The number of hydrogen-bond donors (Lipinski definition) is 1. The van der Waals surface area contributed by atoms with Crippen molar-refractivity contribution in [1.29, 1.82) is 0 Å². The average Bonchev–Trinajstić information content (AvgIpc) is 2.66. The second-order valence-corrected chi connectivity index (χ2v) is 5.71. The molecule has 1 aromatic carbocycles. The van der Waals surface area contributed by atoms with Gasteiger partial charge in [0.1, 0.15) is 5.82 Å². The molecule has 0 atom stereocenters. The van der Waals surface area contributed by atoms with E-state index in [2.05, 4.69) is 16.6 Å². The lowest BCUT2D eigenvalue weighted by atomic mass is 9.76. The molecule has 0 bridgehead atoms. The minimum atomic E-state index is -0.134. The normalized spacial score (nSPS) is 21.8. The summed E-state index contributed by atoms with van der Waals surface area (Å²) in [7, 11) is 1.94. The molecule has 106 valence electrons. The second-order valence-electron chi connectivity index (χ2n) is 5.71. The van der Waals surface area contributed by atoms with Gasteiger partial charge in [-0.05, 0) is 43.4 Å². The molecule has 3 nitrogen and oxygen atoms in total. The zero-order valence-electron chi connectivity index (χ0n) is 11.9. The van der Waals surface area contributed by atoms with Crippen LogP contribution < -0.4 is 5.32 Å². The first kappa shape index (κ1) is 13.3. The number of aromatic nitrogens is 2.